The van der Waals surface area contributed by atoms with Crippen molar-refractivity contribution in [3.63, 3.8) is 0 Å². The number of pyridine rings is 1. The summed E-state index contributed by atoms with van der Waals surface area (Å²) in [5.74, 6) is 0.395. The zero-order chi connectivity index (χ0) is 17.4. The number of nitrogens with one attached hydrogen (secondary N) is 2. The topological polar surface area (TPSA) is 63.2 Å². The molecule has 0 fully saturated rings. The summed E-state index contributed by atoms with van der Waals surface area (Å²) in [4.78, 5) is 16.6. The summed E-state index contributed by atoms with van der Waals surface area (Å²) in [6.45, 7) is 6.92. The van der Waals surface area contributed by atoms with E-state index in [-0.39, 0.29) is 12.0 Å². The first-order valence-electron chi connectivity index (χ1n) is 8.37. The maximum Gasteiger partial charge on any atom is 0.274 e. The number of benzene rings is 1. The summed E-state index contributed by atoms with van der Waals surface area (Å²) in [6.07, 6.45) is 3.88. The number of rotatable bonds is 8. The number of aromatic nitrogens is 1. The lowest BCUT2D eigenvalue weighted by Gasteiger charge is -2.14. The van der Waals surface area contributed by atoms with Gasteiger partial charge in [-0.2, -0.15) is 0 Å². The maximum atomic E-state index is 12.5. The molecule has 1 aromatic carbocycles. The van der Waals surface area contributed by atoms with E-state index in [1.165, 1.54) is 0 Å². The third-order valence-corrected chi connectivity index (χ3v) is 3.35. The van der Waals surface area contributed by atoms with Gasteiger partial charge in [0, 0.05) is 18.4 Å². The Balaban J connectivity index is 2.08. The molecule has 1 heterocycles. The van der Waals surface area contributed by atoms with Gasteiger partial charge in [-0.3, -0.25) is 9.78 Å². The Labute approximate surface area is 143 Å². The van der Waals surface area contributed by atoms with E-state index < -0.39 is 0 Å². The van der Waals surface area contributed by atoms with Gasteiger partial charge in [-0.1, -0.05) is 25.5 Å². The molecule has 0 saturated heterocycles. The minimum atomic E-state index is -0.256. The van der Waals surface area contributed by atoms with Crippen LogP contribution in [0.4, 0.5) is 11.4 Å². The van der Waals surface area contributed by atoms with Gasteiger partial charge in [-0.05, 0) is 44.5 Å². The van der Waals surface area contributed by atoms with E-state index in [9.17, 15) is 4.79 Å². The van der Waals surface area contributed by atoms with Crippen molar-refractivity contribution in [1.82, 2.24) is 4.98 Å². The van der Waals surface area contributed by atoms with Crippen molar-refractivity contribution in [2.45, 2.75) is 39.7 Å². The Morgan fingerprint density at radius 1 is 1.25 bits per heavy atom. The van der Waals surface area contributed by atoms with E-state index in [0.717, 1.165) is 25.1 Å². The lowest BCUT2D eigenvalue weighted by Crippen LogP contribution is -2.16. The number of unbranched alkanes of at least 4 members (excludes halogenated alkanes) is 1. The summed E-state index contributed by atoms with van der Waals surface area (Å²) in [6, 6.07) is 11.0. The molecular weight excluding hydrogens is 302 g/mol. The van der Waals surface area contributed by atoms with Crippen LogP contribution < -0.4 is 15.4 Å². The van der Waals surface area contributed by atoms with Crippen LogP contribution in [-0.4, -0.2) is 23.5 Å². The monoisotopic (exact) mass is 327 g/mol. The van der Waals surface area contributed by atoms with Crippen LogP contribution in [0.2, 0.25) is 0 Å². The average molecular weight is 327 g/mol. The van der Waals surface area contributed by atoms with E-state index in [1.54, 1.807) is 12.3 Å². The van der Waals surface area contributed by atoms with Crippen LogP contribution in [0.15, 0.2) is 42.6 Å². The highest BCUT2D eigenvalue weighted by Crippen LogP contribution is 2.25. The molecule has 24 heavy (non-hydrogen) atoms. The molecule has 1 amide bonds. The van der Waals surface area contributed by atoms with Gasteiger partial charge in [0.25, 0.3) is 5.91 Å². The summed E-state index contributed by atoms with van der Waals surface area (Å²) >= 11 is 0. The second-order valence-electron chi connectivity index (χ2n) is 5.83. The molecule has 0 radical (unpaired) electrons. The molecule has 0 spiro atoms. The molecule has 2 N–H and O–H groups in total. The van der Waals surface area contributed by atoms with Crippen LogP contribution in [0.1, 0.15) is 44.1 Å². The number of hydrogen-bond donors (Lipinski definition) is 2. The summed E-state index contributed by atoms with van der Waals surface area (Å²) in [5.41, 5.74) is 1.91. The SMILES string of the molecule is CCCCNc1ccnc(C(=O)Nc2ccccc2OC(C)C)c1. The predicted octanol–water partition coefficient (Wildman–Crippen LogP) is 4.33. The molecule has 5 heteroatoms. The fourth-order valence-corrected chi connectivity index (χ4v) is 2.19. The second-order valence-corrected chi connectivity index (χ2v) is 5.83. The van der Waals surface area contributed by atoms with E-state index in [4.69, 9.17) is 4.74 Å². The number of carbonyl (C=O) groups excluding carboxylic acids is 1. The van der Waals surface area contributed by atoms with Gasteiger partial charge in [0.1, 0.15) is 11.4 Å². The molecule has 2 aromatic rings. The zero-order valence-corrected chi connectivity index (χ0v) is 14.5. The van der Waals surface area contributed by atoms with E-state index in [2.05, 4.69) is 22.5 Å². The summed E-state index contributed by atoms with van der Waals surface area (Å²) in [5, 5.41) is 6.17. The number of nitrogens with zero attached hydrogens (tertiary/aromatic N) is 1. The Hall–Kier alpha value is -2.56. The number of hydrogen-bond acceptors (Lipinski definition) is 4. The average Bonchev–Trinajstić information content (AvgIpc) is 2.57. The van der Waals surface area contributed by atoms with Crippen molar-refractivity contribution in [2.75, 3.05) is 17.2 Å². The van der Waals surface area contributed by atoms with Gasteiger partial charge >= 0.3 is 0 Å². The quantitative estimate of drug-likeness (QED) is 0.708. The maximum absolute atomic E-state index is 12.5. The van der Waals surface area contributed by atoms with E-state index in [0.29, 0.717) is 17.1 Å². The van der Waals surface area contributed by atoms with Gasteiger partial charge in [0.05, 0.1) is 11.8 Å². The highest BCUT2D eigenvalue weighted by molar-refractivity contribution is 6.04. The molecule has 2 rings (SSSR count). The minimum Gasteiger partial charge on any atom is -0.489 e. The van der Waals surface area contributed by atoms with Crippen LogP contribution in [0.25, 0.3) is 0 Å². The van der Waals surface area contributed by atoms with Crippen molar-refractivity contribution in [1.29, 1.82) is 0 Å². The van der Waals surface area contributed by atoms with Crippen LogP contribution in [-0.2, 0) is 0 Å². The molecule has 0 bridgehead atoms. The second kappa shape index (κ2) is 8.91. The summed E-state index contributed by atoms with van der Waals surface area (Å²) < 4.78 is 5.72. The Morgan fingerprint density at radius 2 is 2.04 bits per heavy atom. The number of amides is 1. The normalized spacial score (nSPS) is 10.5. The molecule has 0 saturated carbocycles. The molecule has 128 valence electrons. The molecular formula is C19H25N3O2. The molecule has 5 nitrogen and oxygen atoms in total. The minimum absolute atomic E-state index is 0.0345. The van der Waals surface area contributed by atoms with E-state index in [1.807, 2.05) is 44.2 Å². The molecule has 0 unspecified atom stereocenters. The zero-order valence-electron chi connectivity index (χ0n) is 14.5. The largest absolute Gasteiger partial charge is 0.489 e. The van der Waals surface area contributed by atoms with Crippen molar-refractivity contribution in [2.24, 2.45) is 0 Å². The Bertz CT molecular complexity index is 671. The third kappa shape index (κ3) is 5.26. The molecule has 0 aliphatic rings. The van der Waals surface area contributed by atoms with Crippen molar-refractivity contribution >= 4 is 17.3 Å². The number of anilines is 2. The lowest BCUT2D eigenvalue weighted by molar-refractivity contribution is 0.102. The van der Waals surface area contributed by atoms with Crippen LogP contribution in [0.5, 0.6) is 5.75 Å². The first-order chi connectivity index (χ1) is 11.6. The van der Waals surface area contributed by atoms with Gasteiger partial charge in [0.15, 0.2) is 0 Å². The van der Waals surface area contributed by atoms with E-state index >= 15 is 0 Å². The molecule has 0 aliphatic carbocycles. The van der Waals surface area contributed by atoms with Gasteiger partial charge in [0.2, 0.25) is 0 Å². The fourth-order valence-electron chi connectivity index (χ4n) is 2.19. The standard InChI is InChI=1S/C19H25N3O2/c1-4-5-11-20-15-10-12-21-17(13-15)19(23)22-16-8-6-7-9-18(16)24-14(2)3/h6-10,12-14H,4-5,11H2,1-3H3,(H,20,21)(H,22,23). The highest BCUT2D eigenvalue weighted by atomic mass is 16.5. The number of ether oxygens (including phenoxy) is 1. The fraction of sp³-hybridized carbons (Fsp3) is 0.368. The Kier molecular flexibility index (Phi) is 6.61. The van der Waals surface area contributed by atoms with Gasteiger partial charge < -0.3 is 15.4 Å². The van der Waals surface area contributed by atoms with Gasteiger partial charge in [-0.25, -0.2) is 0 Å². The molecule has 1 aromatic heterocycles. The van der Waals surface area contributed by atoms with Crippen molar-refractivity contribution < 1.29 is 9.53 Å². The lowest BCUT2D eigenvalue weighted by atomic mass is 10.2. The Morgan fingerprint density at radius 3 is 2.79 bits per heavy atom. The van der Waals surface area contributed by atoms with Crippen molar-refractivity contribution in [3.05, 3.63) is 48.3 Å². The number of carbonyl (C=O) groups is 1. The highest BCUT2D eigenvalue weighted by Gasteiger charge is 2.12. The van der Waals surface area contributed by atoms with Crippen LogP contribution in [0, 0.1) is 0 Å². The van der Waals surface area contributed by atoms with Gasteiger partial charge in [-0.15, -0.1) is 0 Å². The third-order valence-electron chi connectivity index (χ3n) is 3.35. The smallest absolute Gasteiger partial charge is 0.274 e. The summed E-state index contributed by atoms with van der Waals surface area (Å²) in [7, 11) is 0. The first-order valence-corrected chi connectivity index (χ1v) is 8.37. The first kappa shape index (κ1) is 17.8. The van der Waals surface area contributed by atoms with Crippen LogP contribution >= 0.6 is 0 Å². The van der Waals surface area contributed by atoms with Crippen LogP contribution in [0.3, 0.4) is 0 Å². The molecule has 0 atom stereocenters. The van der Waals surface area contributed by atoms with Crippen molar-refractivity contribution in [3.8, 4) is 5.75 Å². The predicted molar refractivity (Wildman–Crippen MR) is 97.8 cm³/mol. The molecule has 0 aliphatic heterocycles. The number of para-hydroxylation sites is 2.